The molecule has 0 radical (unpaired) electrons. The smallest absolute Gasteiger partial charge is 0.0884 e. The molecule has 2 heteroatoms. The van der Waals surface area contributed by atoms with Crippen LogP contribution in [-0.4, -0.2) is 12.1 Å². The maximum Gasteiger partial charge on any atom is 0.0884 e. The molecular weight excluding hydrogens is 198 g/mol. The maximum absolute atomic E-state index is 5.01. The van der Waals surface area contributed by atoms with Gasteiger partial charge < -0.3 is 4.74 Å². The molecule has 0 atom stereocenters. The Morgan fingerprint density at radius 2 is 1.75 bits per heavy atom. The first-order valence-corrected chi connectivity index (χ1v) is 5.65. The second kappa shape index (κ2) is 6.96. The van der Waals surface area contributed by atoms with Crippen molar-refractivity contribution >= 4 is 10.9 Å². The Hall–Kier alpha value is -1.41. The molecule has 0 spiro atoms. The fraction of sp³-hybridized carbons (Fsp3) is 0.357. The van der Waals surface area contributed by atoms with Crippen LogP contribution in [0.5, 0.6) is 0 Å². The highest BCUT2D eigenvalue weighted by Crippen LogP contribution is 2.11. The predicted molar refractivity (Wildman–Crippen MR) is 68.4 cm³/mol. The van der Waals surface area contributed by atoms with Gasteiger partial charge in [0, 0.05) is 12.5 Å². The van der Waals surface area contributed by atoms with Gasteiger partial charge in [0.05, 0.1) is 17.8 Å². The molecule has 16 heavy (non-hydrogen) atoms. The molecular formula is C14H19NO. The Morgan fingerprint density at radius 3 is 2.44 bits per heavy atom. The summed E-state index contributed by atoms with van der Waals surface area (Å²) in [6.45, 7) is 4.82. The third-order valence-electron chi connectivity index (χ3n) is 1.95. The fourth-order valence-electron chi connectivity index (χ4n) is 1.34. The summed E-state index contributed by atoms with van der Waals surface area (Å²) in [5, 5.41) is 1.17. The lowest BCUT2D eigenvalue weighted by Crippen LogP contribution is -1.91. The van der Waals surface area contributed by atoms with Gasteiger partial charge in [0.15, 0.2) is 0 Å². The molecule has 2 nitrogen and oxygen atoms in total. The highest BCUT2D eigenvalue weighted by molar-refractivity contribution is 5.78. The Morgan fingerprint density at radius 1 is 1.06 bits per heavy atom. The molecule has 1 aromatic heterocycles. The molecule has 86 valence electrons. The van der Waals surface area contributed by atoms with Gasteiger partial charge >= 0.3 is 0 Å². The number of fused-ring (bicyclic) bond motifs is 1. The van der Waals surface area contributed by atoms with Crippen molar-refractivity contribution in [1.82, 2.24) is 4.98 Å². The van der Waals surface area contributed by atoms with E-state index >= 15 is 0 Å². The Kier molecular flexibility index (Phi) is 5.51. The van der Waals surface area contributed by atoms with E-state index in [9.17, 15) is 0 Å². The van der Waals surface area contributed by atoms with Gasteiger partial charge in [0.25, 0.3) is 0 Å². The molecule has 2 aromatic rings. The average molecular weight is 217 g/mol. The zero-order valence-electron chi connectivity index (χ0n) is 10.2. The van der Waals surface area contributed by atoms with E-state index in [4.69, 9.17) is 4.74 Å². The molecule has 0 unspecified atom stereocenters. The van der Waals surface area contributed by atoms with E-state index in [1.807, 2.05) is 24.3 Å². The minimum atomic E-state index is 0.574. The van der Waals surface area contributed by atoms with Gasteiger partial charge in [-0.3, -0.25) is 4.98 Å². The lowest BCUT2D eigenvalue weighted by Gasteiger charge is -2.00. The van der Waals surface area contributed by atoms with Gasteiger partial charge in [-0.2, -0.15) is 0 Å². The first kappa shape index (κ1) is 12.7. The number of rotatable bonds is 2. The number of para-hydroxylation sites is 1. The van der Waals surface area contributed by atoms with Crippen molar-refractivity contribution in [2.24, 2.45) is 0 Å². The molecule has 0 aliphatic carbocycles. The van der Waals surface area contributed by atoms with Crippen molar-refractivity contribution in [3.8, 4) is 0 Å². The molecule has 1 aromatic carbocycles. The van der Waals surface area contributed by atoms with Crippen LogP contribution in [0.1, 0.15) is 26.0 Å². The number of ether oxygens (including phenoxy) is 1. The molecule has 0 saturated heterocycles. The van der Waals surface area contributed by atoms with Crippen molar-refractivity contribution in [3.63, 3.8) is 0 Å². The number of hydrogen-bond acceptors (Lipinski definition) is 2. The van der Waals surface area contributed by atoms with Crippen LogP contribution in [0.25, 0.3) is 10.9 Å². The third-order valence-corrected chi connectivity index (χ3v) is 1.95. The molecule has 0 saturated carbocycles. The number of benzene rings is 1. The van der Waals surface area contributed by atoms with Crippen LogP contribution in [0.3, 0.4) is 0 Å². The zero-order chi connectivity index (χ0) is 11.8. The van der Waals surface area contributed by atoms with E-state index in [1.165, 1.54) is 11.8 Å². The van der Waals surface area contributed by atoms with Crippen LogP contribution in [0.4, 0.5) is 0 Å². The van der Waals surface area contributed by atoms with E-state index in [0.29, 0.717) is 6.61 Å². The number of aromatic nitrogens is 1. The summed E-state index contributed by atoms with van der Waals surface area (Å²) in [6.07, 6.45) is 1.25. The molecule has 0 amide bonds. The van der Waals surface area contributed by atoms with Crippen LogP contribution in [-0.2, 0) is 11.3 Å². The summed E-state index contributed by atoms with van der Waals surface area (Å²) in [6, 6.07) is 12.1. The molecule has 0 fully saturated rings. The normalized spacial score (nSPS) is 9.69. The SMILES string of the molecule is CCC.COCc1ccc2ccccc2n1. The molecule has 0 aliphatic heterocycles. The highest BCUT2D eigenvalue weighted by atomic mass is 16.5. The lowest BCUT2D eigenvalue weighted by atomic mass is 10.2. The fourth-order valence-corrected chi connectivity index (χ4v) is 1.34. The summed E-state index contributed by atoms with van der Waals surface area (Å²) in [7, 11) is 1.68. The van der Waals surface area contributed by atoms with E-state index < -0.39 is 0 Å². The number of pyridine rings is 1. The Balaban J connectivity index is 0.000000386. The first-order chi connectivity index (χ1) is 7.81. The maximum atomic E-state index is 5.01. The van der Waals surface area contributed by atoms with Crippen LogP contribution in [0.2, 0.25) is 0 Å². The molecule has 0 N–H and O–H groups in total. The van der Waals surface area contributed by atoms with Crippen molar-refractivity contribution in [2.45, 2.75) is 26.9 Å². The summed E-state index contributed by atoms with van der Waals surface area (Å²) < 4.78 is 5.01. The Labute approximate surface area is 97.3 Å². The molecule has 0 bridgehead atoms. The number of nitrogens with zero attached hydrogens (tertiary/aromatic N) is 1. The standard InChI is InChI=1S/C11H11NO.C3H8/c1-13-8-10-7-6-9-4-2-3-5-11(9)12-10;1-3-2/h2-7H,8H2,1H3;3H2,1-2H3. The molecule has 2 rings (SSSR count). The third kappa shape index (κ3) is 3.63. The predicted octanol–water partition coefficient (Wildman–Crippen LogP) is 3.80. The topological polar surface area (TPSA) is 22.1 Å². The highest BCUT2D eigenvalue weighted by Gasteiger charge is 1.95. The second-order valence-corrected chi connectivity index (χ2v) is 3.64. The lowest BCUT2D eigenvalue weighted by molar-refractivity contribution is 0.182. The quantitative estimate of drug-likeness (QED) is 0.763. The van der Waals surface area contributed by atoms with Gasteiger partial charge in [-0.15, -0.1) is 0 Å². The number of methoxy groups -OCH3 is 1. The van der Waals surface area contributed by atoms with Crippen LogP contribution in [0, 0.1) is 0 Å². The summed E-state index contributed by atoms with van der Waals surface area (Å²) in [5.41, 5.74) is 2.00. The summed E-state index contributed by atoms with van der Waals surface area (Å²) in [4.78, 5) is 4.44. The van der Waals surface area contributed by atoms with E-state index in [-0.39, 0.29) is 0 Å². The average Bonchev–Trinajstić information content (AvgIpc) is 2.30. The van der Waals surface area contributed by atoms with Crippen LogP contribution in [0.15, 0.2) is 36.4 Å². The Bertz CT molecular complexity index is 426. The van der Waals surface area contributed by atoms with E-state index in [1.54, 1.807) is 7.11 Å². The minimum absolute atomic E-state index is 0.574. The summed E-state index contributed by atoms with van der Waals surface area (Å²) >= 11 is 0. The van der Waals surface area contributed by atoms with Gasteiger partial charge in [0.2, 0.25) is 0 Å². The van der Waals surface area contributed by atoms with Crippen molar-refractivity contribution in [2.75, 3.05) is 7.11 Å². The largest absolute Gasteiger partial charge is 0.378 e. The van der Waals surface area contributed by atoms with Gasteiger partial charge in [-0.05, 0) is 12.1 Å². The summed E-state index contributed by atoms with van der Waals surface area (Å²) in [5.74, 6) is 0. The molecule has 0 aliphatic rings. The van der Waals surface area contributed by atoms with E-state index in [0.717, 1.165) is 11.2 Å². The van der Waals surface area contributed by atoms with Crippen LogP contribution >= 0.6 is 0 Å². The van der Waals surface area contributed by atoms with Gasteiger partial charge in [-0.1, -0.05) is 44.5 Å². The van der Waals surface area contributed by atoms with Crippen molar-refractivity contribution in [1.29, 1.82) is 0 Å². The first-order valence-electron chi connectivity index (χ1n) is 5.65. The van der Waals surface area contributed by atoms with E-state index in [2.05, 4.69) is 31.0 Å². The van der Waals surface area contributed by atoms with Gasteiger partial charge in [0.1, 0.15) is 0 Å². The van der Waals surface area contributed by atoms with Crippen molar-refractivity contribution < 1.29 is 4.74 Å². The van der Waals surface area contributed by atoms with Crippen molar-refractivity contribution in [3.05, 3.63) is 42.1 Å². The number of hydrogen-bond donors (Lipinski definition) is 0. The second-order valence-electron chi connectivity index (χ2n) is 3.64. The minimum Gasteiger partial charge on any atom is -0.378 e. The van der Waals surface area contributed by atoms with Crippen LogP contribution < -0.4 is 0 Å². The zero-order valence-corrected chi connectivity index (χ0v) is 10.2. The molecule has 1 heterocycles. The van der Waals surface area contributed by atoms with Gasteiger partial charge in [-0.25, -0.2) is 0 Å². The monoisotopic (exact) mass is 217 g/mol.